The number of benzene rings is 2. The Hall–Kier alpha value is -2.90. The van der Waals surface area contributed by atoms with Crippen molar-refractivity contribution in [2.45, 2.75) is 6.92 Å². The highest BCUT2D eigenvalue weighted by Crippen LogP contribution is 2.29. The number of hydrogen-bond acceptors (Lipinski definition) is 5. The van der Waals surface area contributed by atoms with Gasteiger partial charge in [-0.05, 0) is 61.1 Å². The number of halogens is 1. The SMILES string of the molecule is CCOc1cc(C=C2C(=O)NC(=S)N(c3cccc(Cl)c3)C2=O)ccc1O. The fourth-order valence-electron chi connectivity index (χ4n) is 2.57. The Balaban J connectivity index is 2.00. The van der Waals surface area contributed by atoms with E-state index in [1.807, 2.05) is 0 Å². The van der Waals surface area contributed by atoms with Crippen molar-refractivity contribution in [1.82, 2.24) is 5.32 Å². The normalized spacial score (nSPS) is 15.9. The molecule has 0 unspecified atom stereocenters. The second-order valence-corrected chi connectivity index (χ2v) is 6.42. The number of carbonyl (C=O) groups is 2. The number of phenols is 1. The molecule has 0 radical (unpaired) electrons. The molecule has 0 aromatic heterocycles. The van der Waals surface area contributed by atoms with Gasteiger partial charge in [-0.3, -0.25) is 19.8 Å². The number of phenolic OH excluding ortho intramolecular Hbond substituents is 1. The second kappa shape index (κ2) is 7.77. The topological polar surface area (TPSA) is 78.9 Å². The molecule has 1 heterocycles. The van der Waals surface area contributed by atoms with Crippen LogP contribution in [0.3, 0.4) is 0 Å². The first kappa shape index (κ1) is 18.9. The largest absolute Gasteiger partial charge is 0.504 e. The van der Waals surface area contributed by atoms with Gasteiger partial charge in [0.05, 0.1) is 12.3 Å². The summed E-state index contributed by atoms with van der Waals surface area (Å²) < 4.78 is 5.33. The van der Waals surface area contributed by atoms with E-state index in [9.17, 15) is 14.7 Å². The average Bonchev–Trinajstić information content (AvgIpc) is 2.61. The average molecular weight is 403 g/mol. The maximum atomic E-state index is 12.9. The van der Waals surface area contributed by atoms with E-state index in [-0.39, 0.29) is 22.2 Å². The van der Waals surface area contributed by atoms with Crippen molar-refractivity contribution < 1.29 is 19.4 Å². The highest BCUT2D eigenvalue weighted by Gasteiger charge is 2.34. The predicted molar refractivity (Wildman–Crippen MR) is 107 cm³/mol. The molecular formula is C19H15ClN2O4S. The number of nitrogens with zero attached hydrogens (tertiary/aromatic N) is 1. The Morgan fingerprint density at radius 2 is 2.04 bits per heavy atom. The Morgan fingerprint density at radius 3 is 2.74 bits per heavy atom. The zero-order valence-corrected chi connectivity index (χ0v) is 15.8. The van der Waals surface area contributed by atoms with Crippen LogP contribution in [0.5, 0.6) is 11.5 Å². The number of thiocarbonyl (C=S) groups is 1. The van der Waals surface area contributed by atoms with Gasteiger partial charge >= 0.3 is 0 Å². The number of hydrogen-bond donors (Lipinski definition) is 2. The van der Waals surface area contributed by atoms with Crippen LogP contribution in [-0.2, 0) is 9.59 Å². The minimum atomic E-state index is -0.602. The summed E-state index contributed by atoms with van der Waals surface area (Å²) >= 11 is 11.1. The quantitative estimate of drug-likeness (QED) is 0.466. The Labute approximate surface area is 166 Å². The summed E-state index contributed by atoms with van der Waals surface area (Å²) in [6.07, 6.45) is 1.42. The fraction of sp³-hybridized carbons (Fsp3) is 0.105. The van der Waals surface area contributed by atoms with Crippen molar-refractivity contribution in [1.29, 1.82) is 0 Å². The molecule has 3 rings (SSSR count). The number of anilines is 1. The summed E-state index contributed by atoms with van der Waals surface area (Å²) in [6, 6.07) is 11.1. The lowest BCUT2D eigenvalue weighted by Crippen LogP contribution is -2.54. The molecule has 138 valence electrons. The molecule has 6 nitrogen and oxygen atoms in total. The molecule has 0 spiro atoms. The van der Waals surface area contributed by atoms with Crippen molar-refractivity contribution in [3.63, 3.8) is 0 Å². The van der Waals surface area contributed by atoms with Crippen LogP contribution < -0.4 is 15.0 Å². The third-order valence-corrected chi connectivity index (χ3v) is 4.28. The Bertz CT molecular complexity index is 974. The van der Waals surface area contributed by atoms with E-state index in [1.54, 1.807) is 43.3 Å². The van der Waals surface area contributed by atoms with E-state index in [0.717, 1.165) is 0 Å². The van der Waals surface area contributed by atoms with Crippen LogP contribution in [0.15, 0.2) is 48.0 Å². The molecular weight excluding hydrogens is 388 g/mol. The van der Waals surface area contributed by atoms with Crippen LogP contribution in [-0.4, -0.2) is 28.6 Å². The molecule has 1 fully saturated rings. The first-order chi connectivity index (χ1) is 12.9. The highest BCUT2D eigenvalue weighted by atomic mass is 35.5. The van der Waals surface area contributed by atoms with E-state index in [4.69, 9.17) is 28.6 Å². The molecule has 0 saturated carbocycles. The van der Waals surface area contributed by atoms with Crippen LogP contribution in [0.1, 0.15) is 12.5 Å². The van der Waals surface area contributed by atoms with Gasteiger partial charge < -0.3 is 9.84 Å². The summed E-state index contributed by atoms with van der Waals surface area (Å²) in [5.41, 5.74) is 0.870. The van der Waals surface area contributed by atoms with Crippen molar-refractivity contribution in [3.8, 4) is 11.5 Å². The maximum absolute atomic E-state index is 12.9. The summed E-state index contributed by atoms with van der Waals surface area (Å²) in [5.74, 6) is -0.941. The summed E-state index contributed by atoms with van der Waals surface area (Å²) in [6.45, 7) is 2.15. The molecule has 1 aliphatic heterocycles. The molecule has 0 aliphatic carbocycles. The van der Waals surface area contributed by atoms with Gasteiger partial charge in [-0.2, -0.15) is 0 Å². The van der Waals surface area contributed by atoms with Gasteiger partial charge in [0, 0.05) is 5.02 Å². The van der Waals surface area contributed by atoms with Gasteiger partial charge in [-0.1, -0.05) is 23.7 Å². The Kier molecular flexibility index (Phi) is 5.43. The number of aromatic hydroxyl groups is 1. The predicted octanol–water partition coefficient (Wildman–Crippen LogP) is 3.28. The summed E-state index contributed by atoms with van der Waals surface area (Å²) in [4.78, 5) is 26.5. The van der Waals surface area contributed by atoms with E-state index in [2.05, 4.69) is 5.32 Å². The van der Waals surface area contributed by atoms with E-state index < -0.39 is 11.8 Å². The summed E-state index contributed by atoms with van der Waals surface area (Å²) in [7, 11) is 0. The molecule has 1 saturated heterocycles. The zero-order valence-electron chi connectivity index (χ0n) is 14.2. The van der Waals surface area contributed by atoms with Crippen molar-refractivity contribution in [2.75, 3.05) is 11.5 Å². The van der Waals surface area contributed by atoms with Crippen molar-refractivity contribution in [2.24, 2.45) is 0 Å². The van der Waals surface area contributed by atoms with Crippen LogP contribution in [0, 0.1) is 0 Å². The molecule has 0 bridgehead atoms. The number of ether oxygens (including phenoxy) is 1. The lowest BCUT2D eigenvalue weighted by Gasteiger charge is -2.29. The van der Waals surface area contributed by atoms with Crippen molar-refractivity contribution >= 4 is 52.5 Å². The van der Waals surface area contributed by atoms with Gasteiger partial charge in [-0.25, -0.2) is 0 Å². The zero-order chi connectivity index (χ0) is 19.6. The number of amides is 2. The van der Waals surface area contributed by atoms with Gasteiger partial charge in [0.25, 0.3) is 11.8 Å². The lowest BCUT2D eigenvalue weighted by atomic mass is 10.1. The van der Waals surface area contributed by atoms with Crippen molar-refractivity contribution in [3.05, 3.63) is 58.6 Å². The van der Waals surface area contributed by atoms with Crippen LogP contribution in [0.4, 0.5) is 5.69 Å². The number of nitrogens with one attached hydrogen (secondary N) is 1. The molecule has 0 atom stereocenters. The number of rotatable bonds is 4. The molecule has 2 amide bonds. The molecule has 2 aromatic rings. The molecule has 8 heteroatoms. The first-order valence-electron chi connectivity index (χ1n) is 8.03. The van der Waals surface area contributed by atoms with Crippen LogP contribution >= 0.6 is 23.8 Å². The van der Waals surface area contributed by atoms with E-state index in [1.165, 1.54) is 17.0 Å². The van der Waals surface area contributed by atoms with Gasteiger partial charge in [-0.15, -0.1) is 0 Å². The monoisotopic (exact) mass is 402 g/mol. The number of carbonyl (C=O) groups excluding carboxylic acids is 2. The van der Waals surface area contributed by atoms with E-state index >= 15 is 0 Å². The molecule has 27 heavy (non-hydrogen) atoms. The first-order valence-corrected chi connectivity index (χ1v) is 8.82. The van der Waals surface area contributed by atoms with E-state index in [0.29, 0.717) is 22.9 Å². The molecule has 1 aliphatic rings. The lowest BCUT2D eigenvalue weighted by molar-refractivity contribution is -0.122. The van der Waals surface area contributed by atoms with Crippen LogP contribution in [0.2, 0.25) is 5.02 Å². The third-order valence-electron chi connectivity index (χ3n) is 3.76. The summed E-state index contributed by atoms with van der Waals surface area (Å²) in [5, 5.41) is 12.7. The van der Waals surface area contributed by atoms with Gasteiger partial charge in [0.2, 0.25) is 0 Å². The van der Waals surface area contributed by atoms with Gasteiger partial charge in [0.15, 0.2) is 16.6 Å². The third kappa shape index (κ3) is 3.94. The molecule has 2 N–H and O–H groups in total. The second-order valence-electron chi connectivity index (χ2n) is 5.60. The van der Waals surface area contributed by atoms with Crippen LogP contribution in [0.25, 0.3) is 6.08 Å². The minimum Gasteiger partial charge on any atom is -0.504 e. The fourth-order valence-corrected chi connectivity index (χ4v) is 3.03. The maximum Gasteiger partial charge on any atom is 0.270 e. The highest BCUT2D eigenvalue weighted by molar-refractivity contribution is 7.80. The molecule has 2 aromatic carbocycles. The minimum absolute atomic E-state index is 0.0230. The Morgan fingerprint density at radius 1 is 1.26 bits per heavy atom. The smallest absolute Gasteiger partial charge is 0.270 e. The standard InChI is InChI=1S/C19H15ClN2O4S/c1-2-26-16-9-11(6-7-15(16)23)8-14-17(24)21-19(27)22(18(14)25)13-5-3-4-12(20)10-13/h3-10,23H,2H2,1H3,(H,21,24,27). The van der Waals surface area contributed by atoms with Gasteiger partial charge in [0.1, 0.15) is 5.57 Å².